The third kappa shape index (κ3) is 6.27. The summed E-state index contributed by atoms with van der Waals surface area (Å²) in [6.07, 6.45) is 0. The van der Waals surface area contributed by atoms with Crippen LogP contribution in [0, 0.1) is 17.4 Å². The molecule has 0 unspecified atom stereocenters. The summed E-state index contributed by atoms with van der Waals surface area (Å²) < 4.78 is 12.2. The second-order valence-corrected chi connectivity index (χ2v) is 8.65. The molecule has 0 aliphatic heterocycles. The highest BCUT2D eigenvalue weighted by molar-refractivity contribution is 14.1. The van der Waals surface area contributed by atoms with Crippen molar-refractivity contribution < 1.29 is 14.3 Å². The standard InChI is InChI=1S/C24H24ClIN2O3/c1-15-8-9-18(12-19(15)25)28-23(29)14-31-24-20(26)10-17(11-22(24)30-3)13-27-21-7-5-4-6-16(21)2/h4-12,27H,13-14H2,1-3H3,(H,28,29). The van der Waals surface area contributed by atoms with Crippen molar-refractivity contribution in [3.8, 4) is 11.5 Å². The third-order valence-electron chi connectivity index (χ3n) is 4.72. The van der Waals surface area contributed by atoms with Crippen molar-refractivity contribution in [3.05, 3.63) is 79.9 Å². The summed E-state index contributed by atoms with van der Waals surface area (Å²) in [4.78, 5) is 12.3. The molecule has 3 aromatic carbocycles. The van der Waals surface area contributed by atoms with Gasteiger partial charge in [-0.1, -0.05) is 35.9 Å². The normalized spacial score (nSPS) is 10.5. The minimum atomic E-state index is -0.275. The number of anilines is 2. The maximum absolute atomic E-state index is 12.3. The lowest BCUT2D eigenvalue weighted by atomic mass is 10.1. The van der Waals surface area contributed by atoms with E-state index < -0.39 is 0 Å². The van der Waals surface area contributed by atoms with Crippen molar-refractivity contribution in [1.82, 2.24) is 0 Å². The number of carbonyl (C=O) groups excluding carboxylic acids is 1. The van der Waals surface area contributed by atoms with Crippen molar-refractivity contribution in [3.63, 3.8) is 0 Å². The van der Waals surface area contributed by atoms with Gasteiger partial charge in [-0.3, -0.25) is 4.79 Å². The Labute approximate surface area is 201 Å². The molecule has 0 bridgehead atoms. The molecule has 0 saturated heterocycles. The van der Waals surface area contributed by atoms with Crippen LogP contribution in [0.3, 0.4) is 0 Å². The highest BCUT2D eigenvalue weighted by atomic mass is 127. The minimum Gasteiger partial charge on any atom is -0.493 e. The van der Waals surface area contributed by atoms with Gasteiger partial charge in [0.05, 0.1) is 10.7 Å². The van der Waals surface area contributed by atoms with Gasteiger partial charge in [0.1, 0.15) is 0 Å². The summed E-state index contributed by atoms with van der Waals surface area (Å²) >= 11 is 8.31. The maximum atomic E-state index is 12.3. The average molecular weight is 551 g/mol. The molecular weight excluding hydrogens is 527 g/mol. The minimum absolute atomic E-state index is 0.140. The fourth-order valence-electron chi connectivity index (χ4n) is 2.99. The first-order chi connectivity index (χ1) is 14.9. The molecule has 0 radical (unpaired) electrons. The summed E-state index contributed by atoms with van der Waals surface area (Å²) in [6, 6.07) is 17.5. The number of hydrogen-bond acceptors (Lipinski definition) is 4. The second-order valence-electron chi connectivity index (χ2n) is 7.08. The quantitative estimate of drug-likeness (QED) is 0.328. The van der Waals surface area contributed by atoms with Gasteiger partial charge in [0.15, 0.2) is 18.1 Å². The van der Waals surface area contributed by atoms with E-state index in [1.807, 2.05) is 37.3 Å². The lowest BCUT2D eigenvalue weighted by Gasteiger charge is -2.15. The van der Waals surface area contributed by atoms with Gasteiger partial charge in [-0.05, 0) is 83.5 Å². The smallest absolute Gasteiger partial charge is 0.262 e. The van der Waals surface area contributed by atoms with Crippen molar-refractivity contribution in [2.45, 2.75) is 20.4 Å². The van der Waals surface area contributed by atoms with Gasteiger partial charge in [-0.15, -0.1) is 0 Å². The monoisotopic (exact) mass is 550 g/mol. The first-order valence-corrected chi connectivity index (χ1v) is 11.2. The Kier molecular flexibility index (Phi) is 8.03. The highest BCUT2D eigenvalue weighted by Gasteiger charge is 2.14. The van der Waals surface area contributed by atoms with Gasteiger partial charge < -0.3 is 20.1 Å². The molecule has 0 heterocycles. The van der Waals surface area contributed by atoms with E-state index in [1.54, 1.807) is 19.2 Å². The van der Waals surface area contributed by atoms with Crippen LogP contribution in [0.5, 0.6) is 11.5 Å². The Morgan fingerprint density at radius 3 is 2.55 bits per heavy atom. The SMILES string of the molecule is COc1cc(CNc2ccccc2C)cc(I)c1OCC(=O)Nc1ccc(C)c(Cl)c1. The summed E-state index contributed by atoms with van der Waals surface area (Å²) in [5.41, 5.74) is 4.90. The molecule has 7 heteroatoms. The lowest BCUT2D eigenvalue weighted by Crippen LogP contribution is -2.20. The Bertz CT molecular complexity index is 1090. The molecule has 0 aromatic heterocycles. The van der Waals surface area contributed by atoms with Gasteiger partial charge >= 0.3 is 0 Å². The molecule has 2 N–H and O–H groups in total. The number of hydrogen-bond donors (Lipinski definition) is 2. The first-order valence-electron chi connectivity index (χ1n) is 9.72. The molecule has 3 rings (SSSR count). The topological polar surface area (TPSA) is 59.6 Å². The number of ether oxygens (including phenoxy) is 2. The third-order valence-corrected chi connectivity index (χ3v) is 5.93. The van der Waals surface area contributed by atoms with E-state index in [4.69, 9.17) is 21.1 Å². The van der Waals surface area contributed by atoms with Crippen LogP contribution in [0.2, 0.25) is 5.02 Å². The van der Waals surface area contributed by atoms with Gasteiger partial charge in [-0.25, -0.2) is 0 Å². The molecule has 0 atom stereocenters. The fourth-order valence-corrected chi connectivity index (χ4v) is 3.99. The number of carbonyl (C=O) groups is 1. The highest BCUT2D eigenvalue weighted by Crippen LogP contribution is 2.34. The van der Waals surface area contributed by atoms with E-state index in [1.165, 1.54) is 5.56 Å². The summed E-state index contributed by atoms with van der Waals surface area (Å²) in [6.45, 7) is 4.48. The average Bonchev–Trinajstić information content (AvgIpc) is 2.74. The zero-order valence-electron chi connectivity index (χ0n) is 17.6. The molecule has 5 nitrogen and oxygen atoms in total. The van der Waals surface area contributed by atoms with Crippen molar-refractivity contribution in [2.75, 3.05) is 24.4 Å². The molecule has 0 aliphatic rings. The van der Waals surface area contributed by atoms with Crippen LogP contribution in [0.25, 0.3) is 0 Å². The zero-order chi connectivity index (χ0) is 22.4. The molecule has 1 amide bonds. The van der Waals surface area contributed by atoms with Gasteiger partial charge in [0.2, 0.25) is 0 Å². The van der Waals surface area contributed by atoms with Gasteiger partial charge in [-0.2, -0.15) is 0 Å². The Morgan fingerprint density at radius 2 is 1.84 bits per heavy atom. The first kappa shape index (κ1) is 23.2. The number of methoxy groups -OCH3 is 1. The fraction of sp³-hybridized carbons (Fsp3) is 0.208. The molecule has 0 aliphatic carbocycles. The van der Waals surface area contributed by atoms with Gasteiger partial charge in [0.25, 0.3) is 5.91 Å². The second kappa shape index (κ2) is 10.7. The van der Waals surface area contributed by atoms with Crippen molar-refractivity contribution >= 4 is 51.5 Å². The molecule has 0 fully saturated rings. The summed E-state index contributed by atoms with van der Waals surface area (Å²) in [5.74, 6) is 0.850. The predicted molar refractivity (Wildman–Crippen MR) is 135 cm³/mol. The van der Waals surface area contributed by atoms with E-state index in [-0.39, 0.29) is 12.5 Å². The van der Waals surface area contributed by atoms with Crippen LogP contribution in [-0.4, -0.2) is 19.6 Å². The van der Waals surface area contributed by atoms with E-state index in [2.05, 4.69) is 52.3 Å². The maximum Gasteiger partial charge on any atom is 0.262 e. The predicted octanol–water partition coefficient (Wildman–Crippen LogP) is 6.20. The molecule has 162 valence electrons. The molecule has 0 spiro atoms. The van der Waals surface area contributed by atoms with E-state index in [9.17, 15) is 4.79 Å². The number of amides is 1. The largest absolute Gasteiger partial charge is 0.493 e. The van der Waals surface area contributed by atoms with Crippen molar-refractivity contribution in [1.29, 1.82) is 0 Å². The van der Waals surface area contributed by atoms with Crippen LogP contribution < -0.4 is 20.1 Å². The molecule has 31 heavy (non-hydrogen) atoms. The number of para-hydroxylation sites is 1. The van der Waals surface area contributed by atoms with Crippen molar-refractivity contribution in [2.24, 2.45) is 0 Å². The molecular formula is C24H24ClIN2O3. The number of aryl methyl sites for hydroxylation is 2. The molecule has 0 saturated carbocycles. The zero-order valence-corrected chi connectivity index (χ0v) is 20.5. The van der Waals surface area contributed by atoms with Crippen LogP contribution >= 0.6 is 34.2 Å². The van der Waals surface area contributed by atoms with Crippen LogP contribution in [0.15, 0.2) is 54.6 Å². The number of benzene rings is 3. The Morgan fingerprint density at radius 1 is 1.06 bits per heavy atom. The molecule has 3 aromatic rings. The Hall–Kier alpha value is -2.45. The van der Waals surface area contributed by atoms with Crippen LogP contribution in [0.1, 0.15) is 16.7 Å². The summed E-state index contributed by atoms with van der Waals surface area (Å²) in [5, 5.41) is 6.83. The van der Waals surface area contributed by atoms with Crippen LogP contribution in [0.4, 0.5) is 11.4 Å². The number of halogens is 2. The van der Waals surface area contributed by atoms with Gasteiger partial charge in [0, 0.05) is 22.9 Å². The number of rotatable bonds is 8. The van der Waals surface area contributed by atoms with E-state index in [0.717, 1.165) is 20.4 Å². The lowest BCUT2D eigenvalue weighted by molar-refractivity contribution is -0.118. The Balaban J connectivity index is 1.64. The summed E-state index contributed by atoms with van der Waals surface area (Å²) in [7, 11) is 1.59. The number of nitrogens with one attached hydrogen (secondary N) is 2. The van der Waals surface area contributed by atoms with E-state index >= 15 is 0 Å². The van der Waals surface area contributed by atoms with E-state index in [0.29, 0.717) is 28.8 Å². The van der Waals surface area contributed by atoms with Crippen LogP contribution in [-0.2, 0) is 11.3 Å².